The van der Waals surface area contributed by atoms with Crippen molar-refractivity contribution < 1.29 is 4.74 Å². The molecule has 0 amide bonds. The second kappa shape index (κ2) is 9.29. The molecule has 1 aliphatic rings. The number of benzene rings is 1. The molecule has 0 bridgehead atoms. The largest absolute Gasteiger partial charge is 0.492 e. The Bertz CT molecular complexity index is 423. The molecule has 0 spiro atoms. The van der Waals surface area contributed by atoms with Gasteiger partial charge in [0.15, 0.2) is 0 Å². The molecule has 0 aromatic heterocycles. The summed E-state index contributed by atoms with van der Waals surface area (Å²) in [7, 11) is 0. The van der Waals surface area contributed by atoms with Crippen LogP contribution in [0.1, 0.15) is 30.4 Å². The van der Waals surface area contributed by atoms with Crippen LogP contribution in [-0.2, 0) is 0 Å². The molecular weight excluding hydrogens is 284 g/mol. The van der Waals surface area contributed by atoms with Gasteiger partial charge in [-0.25, -0.2) is 0 Å². The second-order valence-corrected chi connectivity index (χ2v) is 6.00. The van der Waals surface area contributed by atoms with Gasteiger partial charge in [-0.2, -0.15) is 0 Å². The quantitative estimate of drug-likeness (QED) is 0.877. The van der Waals surface area contributed by atoms with Crippen molar-refractivity contribution in [3.63, 3.8) is 0 Å². The van der Waals surface area contributed by atoms with Gasteiger partial charge >= 0.3 is 0 Å². The molecule has 0 radical (unpaired) electrons. The van der Waals surface area contributed by atoms with Crippen LogP contribution in [0.25, 0.3) is 0 Å². The summed E-state index contributed by atoms with van der Waals surface area (Å²) in [6.45, 7) is 9.22. The van der Waals surface area contributed by atoms with E-state index in [9.17, 15) is 0 Å². The van der Waals surface area contributed by atoms with Gasteiger partial charge in [0.25, 0.3) is 0 Å². The van der Waals surface area contributed by atoms with Crippen molar-refractivity contribution in [2.75, 3.05) is 32.8 Å². The second-order valence-electron chi connectivity index (χ2n) is 6.00. The molecule has 1 fully saturated rings. The minimum atomic E-state index is 0. The van der Waals surface area contributed by atoms with Crippen molar-refractivity contribution in [2.24, 2.45) is 11.7 Å². The van der Waals surface area contributed by atoms with Crippen molar-refractivity contribution in [2.45, 2.75) is 33.1 Å². The van der Waals surface area contributed by atoms with Crippen LogP contribution in [0.3, 0.4) is 0 Å². The molecule has 21 heavy (non-hydrogen) atoms. The first kappa shape index (κ1) is 18.3. The molecule has 120 valence electrons. The standard InChI is InChI=1S/C17H28N2O.ClH/c1-14-5-6-15(2)17(12-14)20-11-10-19-9-3-4-16(13-19)7-8-18;/h5-6,12,16H,3-4,7-11,13,18H2,1-2H3;1H. The molecule has 1 atom stereocenters. The van der Waals surface area contributed by atoms with Gasteiger partial charge < -0.3 is 10.5 Å². The van der Waals surface area contributed by atoms with Gasteiger partial charge in [-0.1, -0.05) is 12.1 Å². The fourth-order valence-electron chi connectivity index (χ4n) is 2.97. The number of likely N-dealkylation sites (tertiary alicyclic amines) is 1. The maximum absolute atomic E-state index is 5.95. The van der Waals surface area contributed by atoms with Crippen LogP contribution in [0.15, 0.2) is 18.2 Å². The maximum atomic E-state index is 5.95. The van der Waals surface area contributed by atoms with Gasteiger partial charge in [0.05, 0.1) is 0 Å². The first-order valence-electron chi connectivity index (χ1n) is 7.81. The topological polar surface area (TPSA) is 38.5 Å². The number of hydrogen-bond donors (Lipinski definition) is 1. The number of hydrogen-bond acceptors (Lipinski definition) is 3. The van der Waals surface area contributed by atoms with E-state index in [2.05, 4.69) is 36.9 Å². The van der Waals surface area contributed by atoms with E-state index < -0.39 is 0 Å². The van der Waals surface area contributed by atoms with E-state index in [1.807, 2.05) is 0 Å². The van der Waals surface area contributed by atoms with E-state index in [1.54, 1.807) is 0 Å². The summed E-state index contributed by atoms with van der Waals surface area (Å²) in [5.74, 6) is 1.81. The highest BCUT2D eigenvalue weighted by Crippen LogP contribution is 2.20. The van der Waals surface area contributed by atoms with Crippen LogP contribution in [0, 0.1) is 19.8 Å². The third kappa shape index (κ3) is 5.85. The SMILES string of the molecule is Cc1ccc(C)c(OCCN2CCCC(CCN)C2)c1.Cl. The number of nitrogens with zero attached hydrogens (tertiary/aromatic N) is 1. The number of ether oxygens (including phenoxy) is 1. The normalized spacial score (nSPS) is 19.1. The highest BCUT2D eigenvalue weighted by Gasteiger charge is 2.18. The van der Waals surface area contributed by atoms with Gasteiger partial charge in [0, 0.05) is 13.1 Å². The molecular formula is C17H29ClN2O. The molecule has 3 nitrogen and oxygen atoms in total. The van der Waals surface area contributed by atoms with Gasteiger partial charge in [0.1, 0.15) is 12.4 Å². The molecule has 1 aromatic carbocycles. The predicted octanol–water partition coefficient (Wildman–Crippen LogP) is 3.16. The number of rotatable bonds is 6. The zero-order valence-electron chi connectivity index (χ0n) is 13.3. The van der Waals surface area contributed by atoms with Crippen LogP contribution in [0.2, 0.25) is 0 Å². The van der Waals surface area contributed by atoms with E-state index in [4.69, 9.17) is 10.5 Å². The summed E-state index contributed by atoms with van der Waals surface area (Å²) in [6.07, 6.45) is 3.80. The Morgan fingerprint density at radius 2 is 2.14 bits per heavy atom. The molecule has 1 unspecified atom stereocenters. The predicted molar refractivity (Wildman–Crippen MR) is 91.5 cm³/mol. The van der Waals surface area contributed by atoms with Crippen molar-refractivity contribution >= 4 is 12.4 Å². The zero-order valence-corrected chi connectivity index (χ0v) is 14.1. The summed E-state index contributed by atoms with van der Waals surface area (Å²) >= 11 is 0. The Hall–Kier alpha value is -0.770. The molecule has 1 aromatic rings. The van der Waals surface area contributed by atoms with Crippen molar-refractivity contribution in [1.29, 1.82) is 0 Å². The Morgan fingerprint density at radius 1 is 1.33 bits per heavy atom. The Balaban J connectivity index is 0.00000220. The Morgan fingerprint density at radius 3 is 2.90 bits per heavy atom. The monoisotopic (exact) mass is 312 g/mol. The summed E-state index contributed by atoms with van der Waals surface area (Å²) < 4.78 is 5.95. The molecule has 2 N–H and O–H groups in total. The first-order valence-corrected chi connectivity index (χ1v) is 7.81. The highest BCUT2D eigenvalue weighted by molar-refractivity contribution is 5.85. The molecule has 1 aliphatic heterocycles. The maximum Gasteiger partial charge on any atom is 0.122 e. The van der Waals surface area contributed by atoms with Crippen LogP contribution in [0.5, 0.6) is 5.75 Å². The highest BCUT2D eigenvalue weighted by atomic mass is 35.5. The van der Waals surface area contributed by atoms with Crippen LogP contribution in [-0.4, -0.2) is 37.7 Å². The molecule has 0 saturated carbocycles. The first-order chi connectivity index (χ1) is 9.69. The van der Waals surface area contributed by atoms with Crippen molar-refractivity contribution in [1.82, 2.24) is 4.90 Å². The summed E-state index contributed by atoms with van der Waals surface area (Å²) in [5, 5.41) is 0. The fourth-order valence-corrected chi connectivity index (χ4v) is 2.97. The number of nitrogens with two attached hydrogens (primary N) is 1. The lowest BCUT2D eigenvalue weighted by Gasteiger charge is -2.32. The molecule has 4 heteroatoms. The summed E-state index contributed by atoms with van der Waals surface area (Å²) in [4.78, 5) is 2.52. The number of halogens is 1. The van der Waals surface area contributed by atoms with Gasteiger partial charge in [-0.3, -0.25) is 4.90 Å². The third-order valence-corrected chi connectivity index (χ3v) is 4.19. The van der Waals surface area contributed by atoms with Crippen LogP contribution in [0.4, 0.5) is 0 Å². The van der Waals surface area contributed by atoms with Crippen molar-refractivity contribution in [3.8, 4) is 5.75 Å². The number of piperidine rings is 1. The number of aryl methyl sites for hydroxylation is 2. The average Bonchev–Trinajstić information content (AvgIpc) is 2.43. The molecule has 1 heterocycles. The van der Waals surface area contributed by atoms with Gasteiger partial charge in [0.2, 0.25) is 0 Å². The summed E-state index contributed by atoms with van der Waals surface area (Å²) in [5.41, 5.74) is 8.14. The lowest BCUT2D eigenvalue weighted by molar-refractivity contribution is 0.143. The summed E-state index contributed by atoms with van der Waals surface area (Å²) in [6, 6.07) is 6.38. The Labute approximate surface area is 135 Å². The Kier molecular flexibility index (Phi) is 8.09. The third-order valence-electron chi connectivity index (χ3n) is 4.19. The van der Waals surface area contributed by atoms with Crippen LogP contribution >= 0.6 is 12.4 Å². The lowest BCUT2D eigenvalue weighted by atomic mass is 9.95. The van der Waals surface area contributed by atoms with E-state index in [0.29, 0.717) is 0 Å². The van der Waals surface area contributed by atoms with Crippen LogP contribution < -0.4 is 10.5 Å². The van der Waals surface area contributed by atoms with E-state index in [1.165, 1.54) is 37.1 Å². The molecule has 2 rings (SSSR count). The minimum Gasteiger partial charge on any atom is -0.492 e. The van der Waals surface area contributed by atoms with Crippen molar-refractivity contribution in [3.05, 3.63) is 29.3 Å². The molecule has 0 aliphatic carbocycles. The van der Waals surface area contributed by atoms with Gasteiger partial charge in [-0.05, 0) is 69.3 Å². The van der Waals surface area contributed by atoms with Gasteiger partial charge in [-0.15, -0.1) is 12.4 Å². The fraction of sp³-hybridized carbons (Fsp3) is 0.647. The molecule has 1 saturated heterocycles. The zero-order chi connectivity index (χ0) is 14.4. The lowest BCUT2D eigenvalue weighted by Crippen LogP contribution is -2.38. The van der Waals surface area contributed by atoms with E-state index >= 15 is 0 Å². The average molecular weight is 313 g/mol. The smallest absolute Gasteiger partial charge is 0.122 e. The van der Waals surface area contributed by atoms with E-state index in [-0.39, 0.29) is 12.4 Å². The minimum absolute atomic E-state index is 0. The van der Waals surface area contributed by atoms with E-state index in [0.717, 1.165) is 37.8 Å².